The van der Waals surface area contributed by atoms with Crippen molar-refractivity contribution in [1.29, 1.82) is 0 Å². The van der Waals surface area contributed by atoms with Gasteiger partial charge in [0.15, 0.2) is 0 Å². The molecule has 4 rings (SSSR count). The summed E-state index contributed by atoms with van der Waals surface area (Å²) in [5, 5.41) is 11.7. The summed E-state index contributed by atoms with van der Waals surface area (Å²) in [5.74, 6) is 0. The Kier molecular flexibility index (Phi) is 9.19. The van der Waals surface area contributed by atoms with Crippen molar-refractivity contribution in [2.24, 2.45) is 0 Å². The predicted octanol–water partition coefficient (Wildman–Crippen LogP) is 4.71. The minimum atomic E-state index is 0. The van der Waals surface area contributed by atoms with Crippen LogP contribution >= 0.6 is 37.2 Å². The number of anilines is 3. The fourth-order valence-corrected chi connectivity index (χ4v) is 3.31. The summed E-state index contributed by atoms with van der Waals surface area (Å²) in [6.07, 6.45) is 1.86. The number of likely N-dealkylation sites (N-methyl/N-ethyl adjacent to an activating group) is 1. The average molecular weight is 431 g/mol. The normalized spacial score (nSPS) is 14.0. The number of rotatable bonds is 4. The van der Waals surface area contributed by atoms with Crippen LogP contribution in [0.25, 0.3) is 10.9 Å². The second-order valence-electron chi connectivity index (χ2n) is 6.23. The molecule has 0 unspecified atom stereocenters. The number of aromatic amines is 1. The monoisotopic (exact) mass is 429 g/mol. The molecule has 3 aromatic rings. The third kappa shape index (κ3) is 5.20. The van der Waals surface area contributed by atoms with Crippen LogP contribution in [0, 0.1) is 0 Å². The van der Waals surface area contributed by atoms with Crippen LogP contribution in [-0.4, -0.2) is 47.8 Å². The van der Waals surface area contributed by atoms with Crippen LogP contribution < -0.4 is 10.2 Å². The van der Waals surface area contributed by atoms with Gasteiger partial charge in [-0.1, -0.05) is 13.0 Å². The lowest BCUT2D eigenvalue weighted by molar-refractivity contribution is 0.271. The second kappa shape index (κ2) is 10.6. The molecule has 2 aromatic carbocycles. The highest BCUT2D eigenvalue weighted by Gasteiger charge is 2.15. The van der Waals surface area contributed by atoms with Crippen LogP contribution in [0.2, 0.25) is 0 Å². The van der Waals surface area contributed by atoms with E-state index in [4.69, 9.17) is 0 Å². The number of fused-ring (bicyclic) bond motifs is 1. The van der Waals surface area contributed by atoms with Crippen molar-refractivity contribution in [3.8, 4) is 0 Å². The third-order valence-corrected chi connectivity index (χ3v) is 4.82. The maximum absolute atomic E-state index is 4.12. The molecular formula is C19H26Cl3N5. The van der Waals surface area contributed by atoms with Gasteiger partial charge in [0.25, 0.3) is 0 Å². The molecule has 148 valence electrons. The van der Waals surface area contributed by atoms with Crippen molar-refractivity contribution < 1.29 is 0 Å². The van der Waals surface area contributed by atoms with Gasteiger partial charge in [-0.05, 0) is 42.9 Å². The molecule has 8 heteroatoms. The number of nitrogens with zero attached hydrogens (tertiary/aromatic N) is 3. The van der Waals surface area contributed by atoms with E-state index in [9.17, 15) is 0 Å². The minimum Gasteiger partial charge on any atom is -0.369 e. The van der Waals surface area contributed by atoms with E-state index in [1.165, 1.54) is 5.69 Å². The maximum atomic E-state index is 4.12. The van der Waals surface area contributed by atoms with Crippen LogP contribution in [0.4, 0.5) is 17.1 Å². The van der Waals surface area contributed by atoms with Crippen molar-refractivity contribution in [2.45, 2.75) is 6.92 Å². The highest BCUT2D eigenvalue weighted by atomic mass is 35.5. The Balaban J connectivity index is 0.00000121. The van der Waals surface area contributed by atoms with E-state index in [0.29, 0.717) is 0 Å². The molecule has 0 saturated carbocycles. The van der Waals surface area contributed by atoms with Crippen molar-refractivity contribution in [1.82, 2.24) is 15.1 Å². The minimum absolute atomic E-state index is 0. The zero-order valence-corrected chi connectivity index (χ0v) is 17.7. The van der Waals surface area contributed by atoms with Gasteiger partial charge in [0, 0.05) is 48.6 Å². The lowest BCUT2D eigenvalue weighted by Crippen LogP contribution is -2.46. The predicted molar refractivity (Wildman–Crippen MR) is 122 cm³/mol. The van der Waals surface area contributed by atoms with Gasteiger partial charge < -0.3 is 15.1 Å². The van der Waals surface area contributed by atoms with Crippen molar-refractivity contribution in [2.75, 3.05) is 42.9 Å². The van der Waals surface area contributed by atoms with Crippen molar-refractivity contribution in [3.63, 3.8) is 0 Å². The molecule has 2 N–H and O–H groups in total. The maximum Gasteiger partial charge on any atom is 0.0671 e. The molecule has 1 aliphatic heterocycles. The van der Waals surface area contributed by atoms with Crippen LogP contribution in [-0.2, 0) is 0 Å². The molecule has 0 amide bonds. The Morgan fingerprint density at radius 3 is 2.33 bits per heavy atom. The Bertz CT molecular complexity index is 814. The lowest BCUT2D eigenvalue weighted by atomic mass is 10.2. The number of piperazine rings is 1. The number of aromatic nitrogens is 2. The molecule has 0 aliphatic carbocycles. The van der Waals surface area contributed by atoms with E-state index in [-0.39, 0.29) is 37.2 Å². The van der Waals surface area contributed by atoms with Gasteiger partial charge in [-0.15, -0.1) is 37.2 Å². The molecule has 1 saturated heterocycles. The molecule has 0 atom stereocenters. The van der Waals surface area contributed by atoms with E-state index in [2.05, 4.69) is 62.6 Å². The van der Waals surface area contributed by atoms with E-state index in [0.717, 1.165) is 55.0 Å². The Morgan fingerprint density at radius 1 is 0.963 bits per heavy atom. The smallest absolute Gasteiger partial charge is 0.0671 e. The molecule has 2 heterocycles. The fraction of sp³-hybridized carbons (Fsp3) is 0.316. The molecule has 1 aromatic heterocycles. The van der Waals surface area contributed by atoms with E-state index >= 15 is 0 Å². The summed E-state index contributed by atoms with van der Waals surface area (Å²) in [6, 6.07) is 14.9. The number of benzene rings is 2. The molecule has 0 spiro atoms. The average Bonchev–Trinajstić information content (AvgIpc) is 3.12. The quantitative estimate of drug-likeness (QED) is 0.629. The zero-order chi connectivity index (χ0) is 16.4. The summed E-state index contributed by atoms with van der Waals surface area (Å²) < 4.78 is 0. The molecule has 1 fully saturated rings. The first kappa shape index (κ1) is 23.4. The number of nitrogens with one attached hydrogen (secondary N) is 2. The zero-order valence-electron chi connectivity index (χ0n) is 15.2. The van der Waals surface area contributed by atoms with E-state index in [1.54, 1.807) is 0 Å². The van der Waals surface area contributed by atoms with Crippen LogP contribution in [0.3, 0.4) is 0 Å². The molecule has 1 aliphatic rings. The molecule has 0 radical (unpaired) electrons. The van der Waals surface area contributed by atoms with Crippen LogP contribution in [0.1, 0.15) is 6.92 Å². The second-order valence-corrected chi connectivity index (χ2v) is 6.23. The topological polar surface area (TPSA) is 47.2 Å². The highest BCUT2D eigenvalue weighted by molar-refractivity contribution is 5.92. The number of hydrogen-bond acceptors (Lipinski definition) is 4. The van der Waals surface area contributed by atoms with Gasteiger partial charge in [-0.25, -0.2) is 0 Å². The van der Waals surface area contributed by atoms with Gasteiger partial charge in [-0.3, -0.25) is 5.10 Å². The first-order valence-corrected chi connectivity index (χ1v) is 8.60. The van der Waals surface area contributed by atoms with Gasteiger partial charge in [0.2, 0.25) is 0 Å². The summed E-state index contributed by atoms with van der Waals surface area (Å²) >= 11 is 0. The third-order valence-electron chi connectivity index (χ3n) is 4.82. The summed E-state index contributed by atoms with van der Waals surface area (Å²) in [6.45, 7) is 7.90. The Hall–Kier alpha value is -1.66. The number of hydrogen-bond donors (Lipinski definition) is 2. The summed E-state index contributed by atoms with van der Waals surface area (Å²) in [5.41, 5.74) is 4.52. The summed E-state index contributed by atoms with van der Waals surface area (Å²) in [7, 11) is 0. The van der Waals surface area contributed by atoms with Crippen LogP contribution in [0.15, 0.2) is 48.7 Å². The number of halogens is 3. The first-order chi connectivity index (χ1) is 11.8. The largest absolute Gasteiger partial charge is 0.369 e. The van der Waals surface area contributed by atoms with Gasteiger partial charge in [-0.2, -0.15) is 5.10 Å². The van der Waals surface area contributed by atoms with Crippen LogP contribution in [0.5, 0.6) is 0 Å². The lowest BCUT2D eigenvalue weighted by Gasteiger charge is -2.35. The number of H-pyrrole nitrogens is 1. The standard InChI is InChI=1S/C19H23N5.3ClH/c1-2-23-10-12-24(13-11-23)16-8-6-15(7-9-16)21-18-4-3-5-19-17(18)14-20-22-19;;;/h3-9,14,21H,2,10-13H2,1H3,(H,20,22);3*1H. The van der Waals surface area contributed by atoms with Gasteiger partial charge in [0.05, 0.1) is 11.7 Å². The van der Waals surface area contributed by atoms with Crippen molar-refractivity contribution in [3.05, 3.63) is 48.7 Å². The highest BCUT2D eigenvalue weighted by Crippen LogP contribution is 2.26. The SMILES string of the molecule is CCN1CCN(c2ccc(Nc3cccc4[nH]ncc34)cc2)CC1.Cl.Cl.Cl. The summed E-state index contributed by atoms with van der Waals surface area (Å²) in [4.78, 5) is 4.96. The Morgan fingerprint density at radius 2 is 1.67 bits per heavy atom. The van der Waals surface area contributed by atoms with Gasteiger partial charge in [0.1, 0.15) is 0 Å². The molecule has 5 nitrogen and oxygen atoms in total. The van der Waals surface area contributed by atoms with E-state index < -0.39 is 0 Å². The molecule has 0 bridgehead atoms. The Labute approximate surface area is 178 Å². The van der Waals surface area contributed by atoms with E-state index in [1.807, 2.05) is 18.3 Å². The molecular weight excluding hydrogens is 405 g/mol. The molecule has 27 heavy (non-hydrogen) atoms. The fourth-order valence-electron chi connectivity index (χ4n) is 3.31. The van der Waals surface area contributed by atoms with Gasteiger partial charge >= 0.3 is 0 Å². The van der Waals surface area contributed by atoms with Crippen molar-refractivity contribution >= 4 is 65.2 Å². The first-order valence-electron chi connectivity index (χ1n) is 8.60.